The van der Waals surface area contributed by atoms with Crippen molar-refractivity contribution in [1.29, 1.82) is 0 Å². The van der Waals surface area contributed by atoms with E-state index in [1.54, 1.807) is 6.07 Å². The van der Waals surface area contributed by atoms with Gasteiger partial charge in [-0.05, 0) is 37.0 Å². The standard InChI is InChI=1S/C14H17NO3/c1-2-10-5-3-6-11(9-10)13(16)15-8-4-7-12(15)14(17)18/h3,5-6,9,12H,2,4,7-8H2,1H3,(H,17,18). The lowest BCUT2D eigenvalue weighted by Crippen LogP contribution is -2.40. The normalized spacial score (nSPS) is 18.9. The van der Waals surface area contributed by atoms with Gasteiger partial charge in [-0.15, -0.1) is 0 Å². The Morgan fingerprint density at radius 1 is 1.44 bits per heavy atom. The first-order valence-electron chi connectivity index (χ1n) is 6.26. The first-order valence-corrected chi connectivity index (χ1v) is 6.26. The minimum absolute atomic E-state index is 0.171. The van der Waals surface area contributed by atoms with Crippen LogP contribution in [0, 0.1) is 0 Å². The van der Waals surface area contributed by atoms with Gasteiger partial charge in [0, 0.05) is 12.1 Å². The first-order chi connectivity index (χ1) is 8.63. The summed E-state index contributed by atoms with van der Waals surface area (Å²) in [6.07, 6.45) is 2.17. The molecule has 1 unspecified atom stereocenters. The van der Waals surface area contributed by atoms with Crippen molar-refractivity contribution in [3.63, 3.8) is 0 Å². The van der Waals surface area contributed by atoms with Crippen molar-refractivity contribution in [2.45, 2.75) is 32.2 Å². The van der Waals surface area contributed by atoms with Crippen LogP contribution in [0.2, 0.25) is 0 Å². The fraction of sp³-hybridized carbons (Fsp3) is 0.429. The number of likely N-dealkylation sites (tertiary alicyclic amines) is 1. The van der Waals surface area contributed by atoms with Crippen LogP contribution in [0.5, 0.6) is 0 Å². The van der Waals surface area contributed by atoms with Crippen LogP contribution in [-0.4, -0.2) is 34.5 Å². The van der Waals surface area contributed by atoms with Gasteiger partial charge in [-0.25, -0.2) is 4.79 Å². The van der Waals surface area contributed by atoms with Gasteiger partial charge in [-0.2, -0.15) is 0 Å². The maximum absolute atomic E-state index is 12.3. The van der Waals surface area contributed by atoms with Crippen molar-refractivity contribution < 1.29 is 14.7 Å². The largest absolute Gasteiger partial charge is 0.480 e. The minimum Gasteiger partial charge on any atom is -0.480 e. The van der Waals surface area contributed by atoms with E-state index in [1.165, 1.54) is 4.90 Å². The molecule has 1 aliphatic heterocycles. The number of carboxylic acids is 1. The molecule has 1 aromatic carbocycles. The third-order valence-electron chi connectivity index (χ3n) is 3.38. The molecule has 0 aromatic heterocycles. The Morgan fingerprint density at radius 3 is 2.89 bits per heavy atom. The fourth-order valence-electron chi connectivity index (χ4n) is 2.36. The number of amides is 1. The van der Waals surface area contributed by atoms with Gasteiger partial charge in [0.2, 0.25) is 0 Å². The van der Waals surface area contributed by atoms with E-state index in [2.05, 4.69) is 0 Å². The van der Waals surface area contributed by atoms with E-state index in [1.807, 2.05) is 25.1 Å². The molecule has 1 saturated heterocycles. The van der Waals surface area contributed by atoms with Gasteiger partial charge in [-0.1, -0.05) is 19.1 Å². The quantitative estimate of drug-likeness (QED) is 0.888. The predicted molar refractivity (Wildman–Crippen MR) is 67.5 cm³/mol. The smallest absolute Gasteiger partial charge is 0.326 e. The predicted octanol–water partition coefficient (Wildman–Crippen LogP) is 1.94. The number of nitrogens with zero attached hydrogens (tertiary/aromatic N) is 1. The van der Waals surface area contributed by atoms with E-state index in [0.717, 1.165) is 18.4 Å². The van der Waals surface area contributed by atoms with Crippen molar-refractivity contribution in [2.24, 2.45) is 0 Å². The number of aliphatic carboxylic acids is 1. The molecule has 0 saturated carbocycles. The third-order valence-corrected chi connectivity index (χ3v) is 3.38. The molecule has 1 atom stereocenters. The number of carboxylic acid groups (broad SMARTS) is 1. The van der Waals surface area contributed by atoms with E-state index in [4.69, 9.17) is 5.11 Å². The van der Waals surface area contributed by atoms with Crippen LogP contribution in [0.15, 0.2) is 24.3 Å². The third kappa shape index (κ3) is 2.37. The number of rotatable bonds is 3. The van der Waals surface area contributed by atoms with E-state index in [0.29, 0.717) is 18.5 Å². The zero-order chi connectivity index (χ0) is 13.1. The molecule has 2 rings (SSSR count). The molecule has 0 aliphatic carbocycles. The second-order valence-electron chi connectivity index (χ2n) is 4.55. The van der Waals surface area contributed by atoms with E-state index >= 15 is 0 Å². The van der Waals surface area contributed by atoms with Crippen LogP contribution in [-0.2, 0) is 11.2 Å². The molecule has 1 amide bonds. The summed E-state index contributed by atoms with van der Waals surface area (Å²) < 4.78 is 0. The first kappa shape index (κ1) is 12.6. The summed E-state index contributed by atoms with van der Waals surface area (Å²) in [5.41, 5.74) is 1.68. The monoisotopic (exact) mass is 247 g/mol. The van der Waals surface area contributed by atoms with Gasteiger partial charge in [0.05, 0.1) is 0 Å². The molecule has 1 aromatic rings. The zero-order valence-corrected chi connectivity index (χ0v) is 10.4. The number of aryl methyl sites for hydroxylation is 1. The average molecular weight is 247 g/mol. The van der Waals surface area contributed by atoms with Gasteiger partial charge < -0.3 is 10.0 Å². The number of hydrogen-bond acceptors (Lipinski definition) is 2. The van der Waals surface area contributed by atoms with Crippen molar-refractivity contribution in [1.82, 2.24) is 4.90 Å². The van der Waals surface area contributed by atoms with Crippen LogP contribution >= 0.6 is 0 Å². The molecule has 1 fully saturated rings. The van der Waals surface area contributed by atoms with Gasteiger partial charge in [0.15, 0.2) is 0 Å². The van der Waals surface area contributed by atoms with Crippen molar-refractivity contribution in [2.75, 3.05) is 6.54 Å². The second-order valence-corrected chi connectivity index (χ2v) is 4.55. The SMILES string of the molecule is CCc1cccc(C(=O)N2CCCC2C(=O)O)c1. The second kappa shape index (κ2) is 5.21. The maximum Gasteiger partial charge on any atom is 0.326 e. The van der Waals surface area contributed by atoms with Gasteiger partial charge in [0.25, 0.3) is 5.91 Å². The molecule has 0 radical (unpaired) electrons. The summed E-state index contributed by atoms with van der Waals surface area (Å²) in [6, 6.07) is 6.74. The summed E-state index contributed by atoms with van der Waals surface area (Å²) in [4.78, 5) is 24.8. The summed E-state index contributed by atoms with van der Waals surface area (Å²) >= 11 is 0. The Hall–Kier alpha value is -1.84. The average Bonchev–Trinajstić information content (AvgIpc) is 2.87. The van der Waals surface area contributed by atoms with Crippen LogP contribution in [0.4, 0.5) is 0 Å². The molecule has 1 aliphatic rings. The van der Waals surface area contributed by atoms with Gasteiger partial charge in [0.1, 0.15) is 6.04 Å². The molecular formula is C14H17NO3. The molecule has 4 nitrogen and oxygen atoms in total. The van der Waals surface area contributed by atoms with E-state index in [-0.39, 0.29) is 5.91 Å². The Kier molecular flexibility index (Phi) is 3.65. The molecule has 1 heterocycles. The number of hydrogen-bond donors (Lipinski definition) is 1. The van der Waals surface area contributed by atoms with E-state index < -0.39 is 12.0 Å². The zero-order valence-electron chi connectivity index (χ0n) is 10.4. The Balaban J connectivity index is 2.22. The molecule has 1 N–H and O–H groups in total. The maximum atomic E-state index is 12.3. The molecule has 4 heteroatoms. The lowest BCUT2D eigenvalue weighted by molar-refractivity contribution is -0.141. The molecular weight excluding hydrogens is 230 g/mol. The van der Waals surface area contributed by atoms with Crippen molar-refractivity contribution >= 4 is 11.9 Å². The van der Waals surface area contributed by atoms with Crippen molar-refractivity contribution in [3.8, 4) is 0 Å². The molecule has 0 spiro atoms. The molecule has 0 bridgehead atoms. The van der Waals surface area contributed by atoms with Crippen LogP contribution in [0.25, 0.3) is 0 Å². The minimum atomic E-state index is -0.910. The Bertz CT molecular complexity index is 470. The Labute approximate surface area is 106 Å². The highest BCUT2D eigenvalue weighted by Crippen LogP contribution is 2.20. The highest BCUT2D eigenvalue weighted by molar-refractivity contribution is 5.97. The topological polar surface area (TPSA) is 57.6 Å². The van der Waals surface area contributed by atoms with Crippen LogP contribution in [0.3, 0.4) is 0 Å². The molecule has 18 heavy (non-hydrogen) atoms. The van der Waals surface area contributed by atoms with Crippen LogP contribution in [0.1, 0.15) is 35.7 Å². The van der Waals surface area contributed by atoms with Gasteiger partial charge in [-0.3, -0.25) is 4.79 Å². The number of carbonyl (C=O) groups is 2. The lowest BCUT2D eigenvalue weighted by atomic mass is 10.1. The number of carbonyl (C=O) groups excluding carboxylic acids is 1. The Morgan fingerprint density at radius 2 is 2.22 bits per heavy atom. The van der Waals surface area contributed by atoms with Crippen LogP contribution < -0.4 is 0 Å². The summed E-state index contributed by atoms with van der Waals surface area (Å²) in [5.74, 6) is -1.08. The lowest BCUT2D eigenvalue weighted by Gasteiger charge is -2.21. The summed E-state index contributed by atoms with van der Waals surface area (Å²) in [7, 11) is 0. The highest BCUT2D eigenvalue weighted by Gasteiger charge is 2.34. The fourth-order valence-corrected chi connectivity index (χ4v) is 2.36. The van der Waals surface area contributed by atoms with Crippen molar-refractivity contribution in [3.05, 3.63) is 35.4 Å². The highest BCUT2D eigenvalue weighted by atomic mass is 16.4. The summed E-state index contributed by atoms with van der Waals surface area (Å²) in [5, 5.41) is 9.09. The number of benzene rings is 1. The van der Waals surface area contributed by atoms with E-state index in [9.17, 15) is 9.59 Å². The summed E-state index contributed by atoms with van der Waals surface area (Å²) in [6.45, 7) is 2.56. The van der Waals surface area contributed by atoms with Gasteiger partial charge >= 0.3 is 5.97 Å². The molecule has 96 valence electrons.